The number of urea groups is 1. The van der Waals surface area contributed by atoms with Gasteiger partial charge in [-0.2, -0.15) is 0 Å². The summed E-state index contributed by atoms with van der Waals surface area (Å²) in [5, 5.41) is 0. The molecule has 1 heterocycles. The summed E-state index contributed by atoms with van der Waals surface area (Å²) in [5.74, 6) is 0. The van der Waals surface area contributed by atoms with E-state index < -0.39 is 0 Å². The molecule has 4 nitrogen and oxygen atoms in total. The first-order valence-corrected chi connectivity index (χ1v) is 4.33. The Balaban J connectivity index is 2.39. The van der Waals surface area contributed by atoms with Gasteiger partial charge >= 0.3 is 6.03 Å². The lowest BCUT2D eigenvalue weighted by Gasteiger charge is -2.30. The molecular weight excluding hydrogens is 156 g/mol. The predicted molar refractivity (Wildman–Crippen MR) is 46.1 cm³/mol. The Morgan fingerprint density at radius 3 is 2.58 bits per heavy atom. The van der Waals surface area contributed by atoms with Crippen LogP contribution in [-0.4, -0.2) is 55.7 Å². The molecule has 1 aliphatic rings. The number of carbonyl (C=O) groups is 1. The third kappa shape index (κ3) is 2.11. The van der Waals surface area contributed by atoms with E-state index in [1.54, 1.807) is 4.90 Å². The highest BCUT2D eigenvalue weighted by Crippen LogP contribution is 2.00. The van der Waals surface area contributed by atoms with Crippen molar-refractivity contribution in [1.82, 2.24) is 9.80 Å². The molecule has 2 amide bonds. The summed E-state index contributed by atoms with van der Waals surface area (Å²) in [6, 6.07) is 0.112. The molecule has 0 aromatic heterocycles. The van der Waals surface area contributed by atoms with Gasteiger partial charge in [-0.25, -0.2) is 4.79 Å². The van der Waals surface area contributed by atoms with E-state index >= 15 is 0 Å². The summed E-state index contributed by atoms with van der Waals surface area (Å²) in [4.78, 5) is 15.1. The minimum Gasteiger partial charge on any atom is -0.378 e. The van der Waals surface area contributed by atoms with Crippen LogP contribution in [0.5, 0.6) is 0 Å². The quantitative estimate of drug-likeness (QED) is 0.573. The number of rotatable bonds is 1. The lowest BCUT2D eigenvalue weighted by Crippen LogP contribution is -2.46. The molecule has 1 saturated heterocycles. The summed E-state index contributed by atoms with van der Waals surface area (Å²) in [6.07, 6.45) is 0. The van der Waals surface area contributed by atoms with Crippen LogP contribution in [0.25, 0.3) is 0 Å². The molecule has 0 aromatic carbocycles. The van der Waals surface area contributed by atoms with Crippen molar-refractivity contribution in [2.75, 3.05) is 39.9 Å². The number of hydrogen-bond donors (Lipinski definition) is 0. The van der Waals surface area contributed by atoms with Crippen LogP contribution in [0.15, 0.2) is 0 Å². The first-order chi connectivity index (χ1) is 5.75. The predicted octanol–water partition coefficient (Wildman–Crippen LogP) is 0.390. The highest BCUT2D eigenvalue weighted by Gasteiger charge is 2.18. The second-order valence-electron chi connectivity index (χ2n) is 2.90. The Labute approximate surface area is 73.1 Å². The normalized spacial score (nSPS) is 17.7. The van der Waals surface area contributed by atoms with E-state index in [2.05, 4.69) is 0 Å². The molecule has 0 saturated carbocycles. The zero-order valence-corrected chi connectivity index (χ0v) is 7.75. The molecule has 0 spiro atoms. The van der Waals surface area contributed by atoms with E-state index in [9.17, 15) is 4.79 Å². The van der Waals surface area contributed by atoms with Crippen LogP contribution in [0.4, 0.5) is 4.79 Å². The van der Waals surface area contributed by atoms with Crippen LogP contribution in [0, 0.1) is 0 Å². The number of hydrogen-bond acceptors (Lipinski definition) is 2. The minimum absolute atomic E-state index is 0.112. The largest absolute Gasteiger partial charge is 0.378 e. The topological polar surface area (TPSA) is 32.8 Å². The van der Waals surface area contributed by atoms with Gasteiger partial charge in [0, 0.05) is 26.7 Å². The third-order valence-electron chi connectivity index (χ3n) is 2.08. The van der Waals surface area contributed by atoms with Gasteiger partial charge in [0.15, 0.2) is 0 Å². The second-order valence-corrected chi connectivity index (χ2v) is 2.90. The number of amides is 2. The average Bonchev–Trinajstić information content (AvgIpc) is 2.17. The Bertz CT molecular complexity index is 155. The molecule has 0 radical (unpaired) electrons. The zero-order valence-electron chi connectivity index (χ0n) is 7.75. The molecule has 12 heavy (non-hydrogen) atoms. The highest BCUT2D eigenvalue weighted by molar-refractivity contribution is 5.74. The summed E-state index contributed by atoms with van der Waals surface area (Å²) >= 11 is 0. The molecule has 0 unspecified atom stereocenters. The van der Waals surface area contributed by atoms with E-state index in [1.807, 2.05) is 18.9 Å². The number of morpholine rings is 1. The molecule has 0 aromatic rings. The Hall–Kier alpha value is -0.770. The van der Waals surface area contributed by atoms with Gasteiger partial charge in [0.25, 0.3) is 0 Å². The van der Waals surface area contributed by atoms with Gasteiger partial charge in [0.1, 0.15) is 0 Å². The van der Waals surface area contributed by atoms with Crippen molar-refractivity contribution in [2.24, 2.45) is 0 Å². The lowest BCUT2D eigenvalue weighted by atomic mass is 10.4. The summed E-state index contributed by atoms with van der Waals surface area (Å²) < 4.78 is 5.15. The van der Waals surface area contributed by atoms with Crippen molar-refractivity contribution in [3.05, 3.63) is 0 Å². The first kappa shape index (κ1) is 9.32. The Kier molecular flexibility index (Phi) is 3.34. The van der Waals surface area contributed by atoms with Gasteiger partial charge < -0.3 is 14.5 Å². The van der Waals surface area contributed by atoms with E-state index in [0.29, 0.717) is 13.2 Å². The fourth-order valence-corrected chi connectivity index (χ4v) is 1.13. The van der Waals surface area contributed by atoms with E-state index in [4.69, 9.17) is 4.74 Å². The summed E-state index contributed by atoms with van der Waals surface area (Å²) in [7, 11) is 1.82. The monoisotopic (exact) mass is 172 g/mol. The number of nitrogens with zero attached hydrogens (tertiary/aromatic N) is 2. The van der Waals surface area contributed by atoms with Crippen molar-refractivity contribution in [2.45, 2.75) is 6.92 Å². The standard InChI is InChI=1S/C8H16N2O2/c1-3-9(2)8(11)10-4-6-12-7-5-10/h3-7H2,1-2H3. The molecule has 70 valence electrons. The fourth-order valence-electron chi connectivity index (χ4n) is 1.13. The van der Waals surface area contributed by atoms with Gasteiger partial charge in [-0.3, -0.25) is 0 Å². The Morgan fingerprint density at radius 1 is 1.50 bits per heavy atom. The molecular formula is C8H16N2O2. The van der Waals surface area contributed by atoms with Crippen molar-refractivity contribution in [3.63, 3.8) is 0 Å². The van der Waals surface area contributed by atoms with Crippen LogP contribution in [0.2, 0.25) is 0 Å². The van der Waals surface area contributed by atoms with E-state index in [-0.39, 0.29) is 6.03 Å². The van der Waals surface area contributed by atoms with Gasteiger partial charge in [0.05, 0.1) is 13.2 Å². The molecule has 1 aliphatic heterocycles. The number of carbonyl (C=O) groups excluding carboxylic acids is 1. The first-order valence-electron chi connectivity index (χ1n) is 4.33. The average molecular weight is 172 g/mol. The van der Waals surface area contributed by atoms with Crippen LogP contribution in [0.1, 0.15) is 6.92 Å². The van der Waals surface area contributed by atoms with Gasteiger partial charge in [-0.15, -0.1) is 0 Å². The highest BCUT2D eigenvalue weighted by atomic mass is 16.5. The molecule has 1 fully saturated rings. The van der Waals surface area contributed by atoms with Gasteiger partial charge in [0.2, 0.25) is 0 Å². The van der Waals surface area contributed by atoms with Crippen molar-refractivity contribution in [3.8, 4) is 0 Å². The maximum Gasteiger partial charge on any atom is 0.319 e. The van der Waals surface area contributed by atoms with Crippen molar-refractivity contribution in [1.29, 1.82) is 0 Å². The smallest absolute Gasteiger partial charge is 0.319 e. The van der Waals surface area contributed by atoms with Gasteiger partial charge in [-0.1, -0.05) is 0 Å². The van der Waals surface area contributed by atoms with Gasteiger partial charge in [-0.05, 0) is 6.92 Å². The van der Waals surface area contributed by atoms with Crippen molar-refractivity contribution >= 4 is 6.03 Å². The Morgan fingerprint density at radius 2 is 2.08 bits per heavy atom. The minimum atomic E-state index is 0.112. The number of ether oxygens (including phenoxy) is 1. The molecule has 4 heteroatoms. The molecule has 0 atom stereocenters. The molecule has 0 bridgehead atoms. The zero-order chi connectivity index (χ0) is 8.97. The molecule has 1 rings (SSSR count). The maximum atomic E-state index is 11.5. The molecule has 0 N–H and O–H groups in total. The lowest BCUT2D eigenvalue weighted by molar-refractivity contribution is 0.0457. The van der Waals surface area contributed by atoms with E-state index in [0.717, 1.165) is 19.6 Å². The van der Waals surface area contributed by atoms with Crippen molar-refractivity contribution < 1.29 is 9.53 Å². The maximum absolute atomic E-state index is 11.5. The van der Waals surface area contributed by atoms with Crippen LogP contribution in [-0.2, 0) is 4.74 Å². The molecule has 0 aliphatic carbocycles. The second kappa shape index (κ2) is 4.30. The summed E-state index contributed by atoms with van der Waals surface area (Å²) in [5.41, 5.74) is 0. The summed E-state index contributed by atoms with van der Waals surface area (Å²) in [6.45, 7) is 5.52. The van der Waals surface area contributed by atoms with E-state index in [1.165, 1.54) is 0 Å². The SMILES string of the molecule is CCN(C)C(=O)N1CCOCC1. The third-order valence-corrected chi connectivity index (χ3v) is 2.08. The van der Waals surface area contributed by atoms with Crippen LogP contribution >= 0.6 is 0 Å². The fraction of sp³-hybridized carbons (Fsp3) is 0.875. The van der Waals surface area contributed by atoms with Crippen LogP contribution in [0.3, 0.4) is 0 Å². The van der Waals surface area contributed by atoms with Crippen LogP contribution < -0.4 is 0 Å².